The molecule has 2 rings (SSSR count). The van der Waals surface area contributed by atoms with E-state index in [2.05, 4.69) is 16.8 Å². The number of rotatable bonds is 5. The van der Waals surface area contributed by atoms with Crippen LogP contribution in [0.2, 0.25) is 5.02 Å². The number of nitrogens with two attached hydrogens (primary N) is 1. The number of benzene rings is 1. The summed E-state index contributed by atoms with van der Waals surface area (Å²) in [6.07, 6.45) is 0. The fourth-order valence-electron chi connectivity index (χ4n) is 1.88. The second-order valence-corrected chi connectivity index (χ2v) is 6.14. The highest BCUT2D eigenvalue weighted by Crippen LogP contribution is 2.22. The van der Waals surface area contributed by atoms with E-state index in [0.717, 1.165) is 6.54 Å². The lowest BCUT2D eigenvalue weighted by Gasteiger charge is -2.23. The fraction of sp³-hybridized carbons (Fsp3) is 0.267. The summed E-state index contributed by atoms with van der Waals surface area (Å²) in [4.78, 5) is 14.3. The molecule has 1 heterocycles. The molecule has 0 bridgehead atoms. The van der Waals surface area contributed by atoms with Crippen LogP contribution in [-0.4, -0.2) is 23.9 Å². The third-order valence-electron chi connectivity index (χ3n) is 3.32. The second kappa shape index (κ2) is 6.93. The summed E-state index contributed by atoms with van der Waals surface area (Å²) >= 11 is 7.52. The van der Waals surface area contributed by atoms with Crippen molar-refractivity contribution in [1.29, 1.82) is 0 Å². The first-order chi connectivity index (χ1) is 9.97. The average Bonchev–Trinajstić information content (AvgIpc) is 2.94. The van der Waals surface area contributed by atoms with Gasteiger partial charge in [0.2, 0.25) is 5.91 Å². The number of hydrogen-bond donors (Lipinski definition) is 2. The van der Waals surface area contributed by atoms with Crippen molar-refractivity contribution in [3.8, 4) is 0 Å². The van der Waals surface area contributed by atoms with Gasteiger partial charge in [-0.3, -0.25) is 9.69 Å². The number of nitrogens with one attached hydrogen (secondary N) is 1. The van der Waals surface area contributed by atoms with Gasteiger partial charge >= 0.3 is 0 Å². The molecule has 112 valence electrons. The highest BCUT2D eigenvalue weighted by atomic mass is 35.5. The number of nitrogen functional groups attached to an aromatic ring is 1. The van der Waals surface area contributed by atoms with Crippen molar-refractivity contribution < 1.29 is 4.79 Å². The summed E-state index contributed by atoms with van der Waals surface area (Å²) in [5.41, 5.74) is 8.04. The molecule has 1 atom stereocenters. The number of thiophene rings is 1. The number of nitrogens with zero attached hydrogens (tertiary/aromatic N) is 1. The number of hydrogen-bond acceptors (Lipinski definition) is 4. The molecule has 1 unspecified atom stereocenters. The number of halogens is 1. The maximum Gasteiger partial charge on any atom is 0.241 e. The fourth-order valence-corrected chi connectivity index (χ4v) is 2.65. The molecule has 6 heteroatoms. The van der Waals surface area contributed by atoms with Crippen LogP contribution in [0.4, 0.5) is 11.4 Å². The molecule has 1 aromatic carbocycles. The number of anilines is 2. The maximum absolute atomic E-state index is 12.3. The van der Waals surface area contributed by atoms with Crippen LogP contribution >= 0.6 is 22.9 Å². The van der Waals surface area contributed by atoms with Gasteiger partial charge in [-0.1, -0.05) is 11.6 Å². The minimum Gasteiger partial charge on any atom is -0.397 e. The molecular weight excluding hydrogens is 306 g/mol. The Hall–Kier alpha value is -1.56. The number of carbonyl (C=O) groups excluding carboxylic acids is 1. The van der Waals surface area contributed by atoms with Crippen LogP contribution in [0.15, 0.2) is 35.0 Å². The predicted octanol–water partition coefficient (Wildman–Crippen LogP) is 3.44. The Morgan fingerprint density at radius 1 is 1.48 bits per heavy atom. The minimum absolute atomic E-state index is 0.0746. The Labute approximate surface area is 133 Å². The Morgan fingerprint density at radius 2 is 2.24 bits per heavy atom. The third-order valence-corrected chi connectivity index (χ3v) is 4.39. The molecule has 0 aliphatic rings. The van der Waals surface area contributed by atoms with Crippen LogP contribution < -0.4 is 11.1 Å². The van der Waals surface area contributed by atoms with Crippen LogP contribution in [0, 0.1) is 0 Å². The van der Waals surface area contributed by atoms with Crippen molar-refractivity contribution in [1.82, 2.24) is 4.90 Å². The van der Waals surface area contributed by atoms with Gasteiger partial charge in [-0.05, 0) is 54.6 Å². The molecule has 3 N–H and O–H groups in total. The van der Waals surface area contributed by atoms with Gasteiger partial charge in [0.25, 0.3) is 0 Å². The van der Waals surface area contributed by atoms with E-state index in [-0.39, 0.29) is 11.9 Å². The zero-order valence-electron chi connectivity index (χ0n) is 12.0. The van der Waals surface area contributed by atoms with Gasteiger partial charge in [0, 0.05) is 12.2 Å². The van der Waals surface area contributed by atoms with Crippen molar-refractivity contribution in [2.75, 3.05) is 18.1 Å². The van der Waals surface area contributed by atoms with Crippen LogP contribution in [-0.2, 0) is 11.3 Å². The third kappa shape index (κ3) is 4.20. The predicted molar refractivity (Wildman–Crippen MR) is 89.7 cm³/mol. The summed E-state index contributed by atoms with van der Waals surface area (Å²) < 4.78 is 0. The van der Waals surface area contributed by atoms with E-state index >= 15 is 0 Å². The molecule has 21 heavy (non-hydrogen) atoms. The lowest BCUT2D eigenvalue weighted by atomic mass is 10.2. The van der Waals surface area contributed by atoms with Crippen molar-refractivity contribution >= 4 is 40.2 Å². The Balaban J connectivity index is 1.96. The van der Waals surface area contributed by atoms with Gasteiger partial charge in [0.05, 0.1) is 16.8 Å². The zero-order valence-corrected chi connectivity index (χ0v) is 13.5. The quantitative estimate of drug-likeness (QED) is 0.829. The van der Waals surface area contributed by atoms with Crippen LogP contribution in [0.25, 0.3) is 0 Å². The van der Waals surface area contributed by atoms with Gasteiger partial charge in [-0.25, -0.2) is 0 Å². The minimum atomic E-state index is -0.248. The van der Waals surface area contributed by atoms with E-state index in [4.69, 9.17) is 17.3 Å². The van der Waals surface area contributed by atoms with E-state index in [0.29, 0.717) is 16.4 Å². The molecule has 0 aliphatic carbocycles. The standard InChI is InChI=1S/C15H18ClN3OS/c1-10(19(2)8-11-5-6-21-9-11)15(20)18-12-3-4-13(16)14(17)7-12/h3-7,9-10H,8,17H2,1-2H3,(H,18,20). The zero-order chi connectivity index (χ0) is 15.4. The summed E-state index contributed by atoms with van der Waals surface area (Å²) in [7, 11) is 1.93. The summed E-state index contributed by atoms with van der Waals surface area (Å²) in [5, 5.41) is 7.45. The lowest BCUT2D eigenvalue weighted by Crippen LogP contribution is -2.39. The van der Waals surface area contributed by atoms with Crippen molar-refractivity contribution in [2.45, 2.75) is 19.5 Å². The molecular formula is C15H18ClN3OS. The molecule has 0 fully saturated rings. The SMILES string of the molecule is CC(C(=O)Nc1ccc(Cl)c(N)c1)N(C)Cc1ccsc1. The first-order valence-corrected chi connectivity index (χ1v) is 7.86. The van der Waals surface area contributed by atoms with E-state index in [9.17, 15) is 4.79 Å². The molecule has 1 amide bonds. The van der Waals surface area contributed by atoms with Crippen molar-refractivity contribution in [2.24, 2.45) is 0 Å². The van der Waals surface area contributed by atoms with E-state index in [1.54, 1.807) is 29.5 Å². The molecule has 0 saturated carbocycles. The van der Waals surface area contributed by atoms with Gasteiger partial charge in [-0.2, -0.15) is 11.3 Å². The molecule has 0 aliphatic heterocycles. The summed E-state index contributed by atoms with van der Waals surface area (Å²) in [6, 6.07) is 6.88. The molecule has 0 saturated heterocycles. The second-order valence-electron chi connectivity index (χ2n) is 4.95. The first kappa shape index (κ1) is 15.8. The van der Waals surface area contributed by atoms with E-state index in [1.165, 1.54) is 5.56 Å². The summed E-state index contributed by atoms with van der Waals surface area (Å²) in [5.74, 6) is -0.0746. The Morgan fingerprint density at radius 3 is 2.86 bits per heavy atom. The topological polar surface area (TPSA) is 58.4 Å². The largest absolute Gasteiger partial charge is 0.397 e. The van der Waals surface area contributed by atoms with Crippen LogP contribution in [0.3, 0.4) is 0 Å². The van der Waals surface area contributed by atoms with Crippen molar-refractivity contribution in [3.05, 3.63) is 45.6 Å². The Kier molecular flexibility index (Phi) is 5.22. The maximum atomic E-state index is 12.3. The van der Waals surface area contributed by atoms with Gasteiger partial charge in [0.15, 0.2) is 0 Å². The number of likely N-dealkylation sites (N-methyl/N-ethyl adjacent to an activating group) is 1. The smallest absolute Gasteiger partial charge is 0.241 e. The number of carbonyl (C=O) groups is 1. The van der Waals surface area contributed by atoms with Gasteiger partial charge in [-0.15, -0.1) is 0 Å². The Bertz CT molecular complexity index is 615. The van der Waals surface area contributed by atoms with Crippen LogP contribution in [0.1, 0.15) is 12.5 Å². The molecule has 2 aromatic rings. The lowest BCUT2D eigenvalue weighted by molar-refractivity contribution is -0.120. The average molecular weight is 324 g/mol. The number of amides is 1. The summed E-state index contributed by atoms with van der Waals surface area (Å²) in [6.45, 7) is 2.61. The van der Waals surface area contributed by atoms with Gasteiger partial charge in [0.1, 0.15) is 0 Å². The molecule has 1 aromatic heterocycles. The molecule has 4 nitrogen and oxygen atoms in total. The first-order valence-electron chi connectivity index (χ1n) is 6.54. The van der Waals surface area contributed by atoms with Crippen LogP contribution in [0.5, 0.6) is 0 Å². The highest BCUT2D eigenvalue weighted by Gasteiger charge is 2.18. The molecule has 0 radical (unpaired) electrons. The van der Waals surface area contributed by atoms with Crippen molar-refractivity contribution in [3.63, 3.8) is 0 Å². The van der Waals surface area contributed by atoms with E-state index < -0.39 is 0 Å². The highest BCUT2D eigenvalue weighted by molar-refractivity contribution is 7.07. The monoisotopic (exact) mass is 323 g/mol. The molecule has 0 spiro atoms. The van der Waals surface area contributed by atoms with E-state index in [1.807, 2.05) is 24.3 Å². The van der Waals surface area contributed by atoms with Gasteiger partial charge < -0.3 is 11.1 Å². The normalized spacial score (nSPS) is 12.4.